The maximum Gasteiger partial charge on any atom is 0.264 e. The minimum absolute atomic E-state index is 0.107. The molecule has 0 atom stereocenters. The molecule has 0 saturated carbocycles. The number of pyridine rings is 1. The largest absolute Gasteiger partial charge is 0.349 e. The van der Waals surface area contributed by atoms with Gasteiger partial charge in [0.1, 0.15) is 23.9 Å². The predicted molar refractivity (Wildman–Crippen MR) is 89.8 cm³/mol. The summed E-state index contributed by atoms with van der Waals surface area (Å²) in [5.41, 5.74) is 1.76. The molecule has 0 aliphatic rings. The SMILES string of the molecule is Cn1ncc2c(=O)n(CC(=O)NCc3cn4ccccc4n3)cnc21. The lowest BCUT2D eigenvalue weighted by Gasteiger charge is -2.06. The smallest absolute Gasteiger partial charge is 0.264 e. The fourth-order valence-electron chi connectivity index (χ4n) is 2.65. The highest BCUT2D eigenvalue weighted by Crippen LogP contribution is 2.05. The third kappa shape index (κ3) is 2.75. The zero-order chi connectivity index (χ0) is 17.4. The molecular formula is C16H15N7O2. The van der Waals surface area contributed by atoms with Crippen molar-refractivity contribution in [1.82, 2.24) is 34.0 Å². The van der Waals surface area contributed by atoms with Gasteiger partial charge in [0.2, 0.25) is 5.91 Å². The fourth-order valence-corrected chi connectivity index (χ4v) is 2.65. The summed E-state index contributed by atoms with van der Waals surface area (Å²) in [6.07, 6.45) is 6.56. The monoisotopic (exact) mass is 337 g/mol. The van der Waals surface area contributed by atoms with Gasteiger partial charge in [0.05, 0.1) is 18.4 Å². The summed E-state index contributed by atoms with van der Waals surface area (Å²) >= 11 is 0. The van der Waals surface area contributed by atoms with Crippen LogP contribution >= 0.6 is 0 Å². The summed E-state index contributed by atoms with van der Waals surface area (Å²) in [5.74, 6) is -0.288. The first-order valence-corrected chi connectivity index (χ1v) is 7.68. The Labute approximate surface area is 141 Å². The van der Waals surface area contributed by atoms with Gasteiger partial charge >= 0.3 is 0 Å². The number of hydrogen-bond donors (Lipinski definition) is 1. The van der Waals surface area contributed by atoms with Crippen molar-refractivity contribution >= 4 is 22.6 Å². The molecule has 0 spiro atoms. The van der Waals surface area contributed by atoms with Crippen LogP contribution in [0.15, 0.2) is 47.9 Å². The van der Waals surface area contributed by atoms with Crippen LogP contribution in [0.1, 0.15) is 5.69 Å². The summed E-state index contributed by atoms with van der Waals surface area (Å²) in [5, 5.41) is 7.16. The van der Waals surface area contributed by atoms with Gasteiger partial charge in [0.25, 0.3) is 5.56 Å². The molecule has 4 aromatic rings. The van der Waals surface area contributed by atoms with Crippen LogP contribution in [-0.4, -0.2) is 34.6 Å². The van der Waals surface area contributed by atoms with Crippen LogP contribution in [0.3, 0.4) is 0 Å². The number of imidazole rings is 1. The molecule has 4 heterocycles. The third-order valence-corrected chi connectivity index (χ3v) is 3.91. The van der Waals surface area contributed by atoms with E-state index >= 15 is 0 Å². The Hall–Kier alpha value is -3.49. The van der Waals surface area contributed by atoms with Crippen molar-refractivity contribution in [3.63, 3.8) is 0 Å². The molecule has 4 rings (SSSR count). The van der Waals surface area contributed by atoms with Crippen LogP contribution in [0.2, 0.25) is 0 Å². The molecule has 0 radical (unpaired) electrons. The average molecular weight is 337 g/mol. The first kappa shape index (κ1) is 15.1. The van der Waals surface area contributed by atoms with Crippen molar-refractivity contribution in [3.05, 3.63) is 59.2 Å². The molecular weight excluding hydrogens is 322 g/mol. The molecule has 0 aliphatic heterocycles. The number of nitrogens with one attached hydrogen (secondary N) is 1. The minimum Gasteiger partial charge on any atom is -0.349 e. The van der Waals surface area contributed by atoms with Gasteiger partial charge in [-0.2, -0.15) is 5.10 Å². The van der Waals surface area contributed by atoms with E-state index in [9.17, 15) is 9.59 Å². The van der Waals surface area contributed by atoms with E-state index in [0.717, 1.165) is 11.3 Å². The highest BCUT2D eigenvalue weighted by Gasteiger charge is 2.11. The quantitative estimate of drug-likeness (QED) is 0.569. The van der Waals surface area contributed by atoms with Crippen molar-refractivity contribution in [2.24, 2.45) is 7.05 Å². The number of hydrogen-bond acceptors (Lipinski definition) is 5. The molecule has 9 nitrogen and oxygen atoms in total. The first-order valence-electron chi connectivity index (χ1n) is 7.68. The number of aryl methyl sites for hydroxylation is 1. The topological polar surface area (TPSA) is 99.1 Å². The van der Waals surface area contributed by atoms with Gasteiger partial charge < -0.3 is 9.72 Å². The maximum atomic E-state index is 12.3. The summed E-state index contributed by atoms with van der Waals surface area (Å²) in [7, 11) is 1.71. The number of aromatic nitrogens is 6. The van der Waals surface area contributed by atoms with Crippen molar-refractivity contribution in [3.8, 4) is 0 Å². The number of nitrogens with zero attached hydrogens (tertiary/aromatic N) is 6. The number of amides is 1. The van der Waals surface area contributed by atoms with E-state index in [4.69, 9.17) is 0 Å². The Morgan fingerprint density at radius 3 is 3.04 bits per heavy atom. The van der Waals surface area contributed by atoms with Crippen molar-refractivity contribution in [2.45, 2.75) is 13.1 Å². The van der Waals surface area contributed by atoms with E-state index in [1.54, 1.807) is 7.05 Å². The Kier molecular flexibility index (Phi) is 3.53. The van der Waals surface area contributed by atoms with E-state index < -0.39 is 0 Å². The van der Waals surface area contributed by atoms with Crippen LogP contribution in [0, 0.1) is 0 Å². The third-order valence-electron chi connectivity index (χ3n) is 3.91. The molecule has 126 valence electrons. The molecule has 1 amide bonds. The van der Waals surface area contributed by atoms with Crippen LogP contribution in [-0.2, 0) is 24.9 Å². The fraction of sp³-hybridized carbons (Fsp3) is 0.188. The van der Waals surface area contributed by atoms with E-state index in [-0.39, 0.29) is 24.6 Å². The summed E-state index contributed by atoms with van der Waals surface area (Å²) in [6.45, 7) is 0.182. The van der Waals surface area contributed by atoms with E-state index in [0.29, 0.717) is 11.0 Å². The van der Waals surface area contributed by atoms with E-state index in [1.807, 2.05) is 35.0 Å². The molecule has 0 aliphatic carbocycles. The van der Waals surface area contributed by atoms with Crippen LogP contribution in [0.4, 0.5) is 0 Å². The number of rotatable bonds is 4. The highest BCUT2D eigenvalue weighted by molar-refractivity contribution is 5.77. The first-order chi connectivity index (χ1) is 12.1. The maximum absolute atomic E-state index is 12.3. The molecule has 0 bridgehead atoms. The number of fused-ring (bicyclic) bond motifs is 2. The summed E-state index contributed by atoms with van der Waals surface area (Å²) < 4.78 is 4.67. The molecule has 25 heavy (non-hydrogen) atoms. The molecule has 0 unspecified atom stereocenters. The van der Waals surface area contributed by atoms with Gasteiger partial charge in [0.15, 0.2) is 5.65 Å². The molecule has 0 aromatic carbocycles. The van der Waals surface area contributed by atoms with Crippen LogP contribution in [0.25, 0.3) is 16.7 Å². The van der Waals surface area contributed by atoms with Gasteiger partial charge in [-0.1, -0.05) is 6.07 Å². The van der Waals surface area contributed by atoms with Gasteiger partial charge in [-0.25, -0.2) is 9.97 Å². The Bertz CT molecular complexity index is 1110. The molecule has 0 saturated heterocycles. The molecule has 4 aromatic heterocycles. The van der Waals surface area contributed by atoms with Crippen LogP contribution in [0.5, 0.6) is 0 Å². The second kappa shape index (κ2) is 5.86. The lowest BCUT2D eigenvalue weighted by Crippen LogP contribution is -2.32. The van der Waals surface area contributed by atoms with E-state index in [1.165, 1.54) is 21.8 Å². The second-order valence-electron chi connectivity index (χ2n) is 5.66. The Balaban J connectivity index is 1.47. The zero-order valence-electron chi connectivity index (χ0n) is 13.5. The van der Waals surface area contributed by atoms with Gasteiger partial charge in [-0.15, -0.1) is 0 Å². The Morgan fingerprint density at radius 2 is 2.20 bits per heavy atom. The number of carbonyl (C=O) groups excluding carboxylic acids is 1. The summed E-state index contributed by atoms with van der Waals surface area (Å²) in [4.78, 5) is 33.1. The summed E-state index contributed by atoms with van der Waals surface area (Å²) in [6, 6.07) is 5.70. The predicted octanol–water partition coefficient (Wildman–Crippen LogP) is 0.0941. The minimum atomic E-state index is -0.291. The normalized spacial score (nSPS) is 11.2. The zero-order valence-corrected chi connectivity index (χ0v) is 13.5. The average Bonchev–Trinajstić information content (AvgIpc) is 3.19. The van der Waals surface area contributed by atoms with Crippen LogP contribution < -0.4 is 10.9 Å². The van der Waals surface area contributed by atoms with Gasteiger partial charge in [-0.05, 0) is 12.1 Å². The molecule has 1 N–H and O–H groups in total. The van der Waals surface area contributed by atoms with Crippen molar-refractivity contribution in [1.29, 1.82) is 0 Å². The molecule has 9 heteroatoms. The lowest BCUT2D eigenvalue weighted by molar-refractivity contribution is -0.121. The second-order valence-corrected chi connectivity index (χ2v) is 5.66. The van der Waals surface area contributed by atoms with Crippen molar-refractivity contribution < 1.29 is 4.79 Å². The van der Waals surface area contributed by atoms with Gasteiger partial charge in [-0.3, -0.25) is 18.8 Å². The standard InChI is InChI=1S/C16H15N7O2/c1-21-15-12(7-19-21)16(25)23(10-18-15)9-14(24)17-6-11-8-22-5-3-2-4-13(22)20-11/h2-5,7-8,10H,6,9H2,1H3,(H,17,24). The van der Waals surface area contributed by atoms with E-state index in [2.05, 4.69) is 20.4 Å². The molecule has 0 fully saturated rings. The van der Waals surface area contributed by atoms with Gasteiger partial charge in [0, 0.05) is 19.4 Å². The highest BCUT2D eigenvalue weighted by atomic mass is 16.2. The van der Waals surface area contributed by atoms with Crippen molar-refractivity contribution in [2.75, 3.05) is 0 Å². The number of carbonyl (C=O) groups is 1. The lowest BCUT2D eigenvalue weighted by atomic mass is 10.4. The Morgan fingerprint density at radius 1 is 1.32 bits per heavy atom.